The molecular formula is C19H19N3O3S. The maximum absolute atomic E-state index is 10.7. The summed E-state index contributed by atoms with van der Waals surface area (Å²) in [6.45, 7) is 6.35. The normalized spacial score (nSPS) is 12.3. The second kappa shape index (κ2) is 7.70. The van der Waals surface area contributed by atoms with Crippen LogP contribution in [-0.2, 0) is 0 Å². The summed E-state index contributed by atoms with van der Waals surface area (Å²) in [6.07, 6.45) is 0. The summed E-state index contributed by atoms with van der Waals surface area (Å²) in [5.41, 5.74) is 2.00. The van der Waals surface area contributed by atoms with Crippen LogP contribution in [0.15, 0.2) is 57.8 Å². The Morgan fingerprint density at radius 1 is 1.00 bits per heavy atom. The van der Waals surface area contributed by atoms with Gasteiger partial charge in [0.05, 0.1) is 10.2 Å². The van der Waals surface area contributed by atoms with E-state index in [4.69, 9.17) is 4.42 Å². The van der Waals surface area contributed by atoms with Gasteiger partial charge in [-0.25, -0.2) is 0 Å². The highest BCUT2D eigenvalue weighted by molar-refractivity contribution is 7.99. The fourth-order valence-electron chi connectivity index (χ4n) is 2.43. The first-order valence-electron chi connectivity index (χ1n) is 8.29. The predicted molar refractivity (Wildman–Crippen MR) is 101 cm³/mol. The molecule has 3 aromatic rings. The topological polar surface area (TPSA) is 82.1 Å². The van der Waals surface area contributed by atoms with Gasteiger partial charge in [-0.2, -0.15) is 0 Å². The molecular weight excluding hydrogens is 350 g/mol. The molecule has 0 bridgehead atoms. The molecule has 26 heavy (non-hydrogen) atoms. The Balaban J connectivity index is 1.71. The largest absolute Gasteiger partial charge is 0.419 e. The third kappa shape index (κ3) is 4.11. The van der Waals surface area contributed by atoms with Crippen LogP contribution in [-0.4, -0.2) is 15.1 Å². The summed E-state index contributed by atoms with van der Waals surface area (Å²) < 4.78 is 5.75. The molecule has 0 fully saturated rings. The third-order valence-electron chi connectivity index (χ3n) is 3.97. The van der Waals surface area contributed by atoms with E-state index in [0.717, 1.165) is 4.90 Å². The number of benzene rings is 2. The van der Waals surface area contributed by atoms with Crippen LogP contribution in [0, 0.1) is 10.1 Å². The number of non-ortho nitro benzene ring substituents is 1. The van der Waals surface area contributed by atoms with Gasteiger partial charge in [0, 0.05) is 22.6 Å². The van der Waals surface area contributed by atoms with E-state index in [0.29, 0.717) is 23.3 Å². The van der Waals surface area contributed by atoms with Crippen molar-refractivity contribution in [2.24, 2.45) is 0 Å². The van der Waals surface area contributed by atoms with Crippen molar-refractivity contribution in [3.05, 3.63) is 70.1 Å². The van der Waals surface area contributed by atoms with E-state index in [2.05, 4.69) is 48.3 Å². The maximum atomic E-state index is 10.7. The van der Waals surface area contributed by atoms with Gasteiger partial charge in [-0.3, -0.25) is 10.1 Å². The summed E-state index contributed by atoms with van der Waals surface area (Å²) >= 11 is 1.65. The fourth-order valence-corrected chi connectivity index (χ4v) is 3.32. The molecule has 0 aliphatic rings. The highest BCUT2D eigenvalue weighted by Crippen LogP contribution is 2.35. The van der Waals surface area contributed by atoms with Crippen molar-refractivity contribution in [3.63, 3.8) is 0 Å². The molecule has 0 saturated heterocycles. The van der Waals surface area contributed by atoms with Crippen LogP contribution in [0.1, 0.15) is 43.4 Å². The van der Waals surface area contributed by atoms with Gasteiger partial charge in [0.25, 0.3) is 5.69 Å². The van der Waals surface area contributed by atoms with E-state index in [1.54, 1.807) is 23.9 Å². The highest BCUT2D eigenvalue weighted by atomic mass is 32.2. The number of hydrogen-bond donors (Lipinski definition) is 0. The van der Waals surface area contributed by atoms with Crippen molar-refractivity contribution in [1.29, 1.82) is 0 Å². The molecule has 3 rings (SSSR count). The van der Waals surface area contributed by atoms with E-state index in [1.807, 2.05) is 6.92 Å². The van der Waals surface area contributed by atoms with Crippen LogP contribution in [0.5, 0.6) is 0 Å². The molecule has 1 aromatic heterocycles. The average molecular weight is 369 g/mol. The lowest BCUT2D eigenvalue weighted by Crippen LogP contribution is -1.90. The number of hydrogen-bond acceptors (Lipinski definition) is 6. The Hall–Kier alpha value is -2.67. The van der Waals surface area contributed by atoms with E-state index in [1.165, 1.54) is 17.7 Å². The zero-order valence-electron chi connectivity index (χ0n) is 14.7. The molecule has 0 amide bonds. The number of rotatable bonds is 6. The highest BCUT2D eigenvalue weighted by Gasteiger charge is 2.17. The van der Waals surface area contributed by atoms with Crippen molar-refractivity contribution in [2.75, 3.05) is 0 Å². The molecule has 1 unspecified atom stereocenters. The summed E-state index contributed by atoms with van der Waals surface area (Å²) in [4.78, 5) is 11.4. The SMILES string of the molecule is CC(C)c1ccc(SC(C)c2nnc(-c3ccc([N+](=O)[O-])cc3)o2)cc1. The van der Waals surface area contributed by atoms with Gasteiger partial charge in [0.1, 0.15) is 0 Å². The molecule has 6 nitrogen and oxygen atoms in total. The first kappa shape index (κ1) is 18.1. The molecule has 0 aliphatic carbocycles. The smallest absolute Gasteiger partial charge is 0.269 e. The fraction of sp³-hybridized carbons (Fsp3) is 0.263. The first-order chi connectivity index (χ1) is 12.4. The van der Waals surface area contributed by atoms with Crippen LogP contribution in [0.2, 0.25) is 0 Å². The Morgan fingerprint density at radius 2 is 1.65 bits per heavy atom. The Bertz CT molecular complexity index is 889. The van der Waals surface area contributed by atoms with Crippen molar-refractivity contribution in [3.8, 4) is 11.5 Å². The van der Waals surface area contributed by atoms with Gasteiger partial charge in [-0.1, -0.05) is 26.0 Å². The van der Waals surface area contributed by atoms with Gasteiger partial charge in [-0.15, -0.1) is 22.0 Å². The number of thioether (sulfide) groups is 1. The second-order valence-corrected chi connectivity index (χ2v) is 7.65. The lowest BCUT2D eigenvalue weighted by Gasteiger charge is -2.09. The van der Waals surface area contributed by atoms with Gasteiger partial charge < -0.3 is 4.42 Å². The number of nitro benzene ring substituents is 1. The molecule has 0 N–H and O–H groups in total. The molecule has 1 atom stereocenters. The molecule has 0 spiro atoms. The summed E-state index contributed by atoms with van der Waals surface area (Å²) in [6, 6.07) is 14.5. The molecule has 7 heteroatoms. The standard InChI is InChI=1S/C19H19N3O3S/c1-12(2)14-6-10-17(11-7-14)26-13(3)18-20-21-19(25-18)15-4-8-16(9-5-15)22(23)24/h4-13H,1-3H3. The first-order valence-corrected chi connectivity index (χ1v) is 9.17. The molecule has 134 valence electrons. The van der Waals surface area contributed by atoms with Crippen LogP contribution >= 0.6 is 11.8 Å². The summed E-state index contributed by atoms with van der Waals surface area (Å²) in [7, 11) is 0. The van der Waals surface area contributed by atoms with Crippen molar-refractivity contribution < 1.29 is 9.34 Å². The number of aromatic nitrogens is 2. The van der Waals surface area contributed by atoms with Crippen LogP contribution < -0.4 is 0 Å². The summed E-state index contributed by atoms with van der Waals surface area (Å²) in [5.74, 6) is 1.39. The van der Waals surface area contributed by atoms with Crippen LogP contribution in [0.25, 0.3) is 11.5 Å². The lowest BCUT2D eigenvalue weighted by molar-refractivity contribution is -0.384. The summed E-state index contributed by atoms with van der Waals surface area (Å²) in [5, 5.41) is 18.9. The maximum Gasteiger partial charge on any atom is 0.269 e. The van der Waals surface area contributed by atoms with E-state index in [-0.39, 0.29) is 10.9 Å². The molecule has 2 aromatic carbocycles. The van der Waals surface area contributed by atoms with Crippen LogP contribution in [0.3, 0.4) is 0 Å². The monoisotopic (exact) mass is 369 g/mol. The number of nitrogens with zero attached hydrogens (tertiary/aromatic N) is 3. The number of nitro groups is 1. The minimum absolute atomic E-state index is 0.000742. The van der Waals surface area contributed by atoms with E-state index < -0.39 is 4.92 Å². The van der Waals surface area contributed by atoms with Crippen molar-refractivity contribution >= 4 is 17.4 Å². The zero-order valence-corrected chi connectivity index (χ0v) is 15.6. The van der Waals surface area contributed by atoms with Gasteiger partial charge in [0.2, 0.25) is 11.8 Å². The van der Waals surface area contributed by atoms with Crippen LogP contribution in [0.4, 0.5) is 5.69 Å². The third-order valence-corrected chi connectivity index (χ3v) is 5.07. The van der Waals surface area contributed by atoms with E-state index in [9.17, 15) is 10.1 Å². The predicted octanol–water partition coefficient (Wildman–Crippen LogP) is 5.62. The van der Waals surface area contributed by atoms with Gasteiger partial charge in [0.15, 0.2) is 0 Å². The average Bonchev–Trinajstić information content (AvgIpc) is 3.12. The van der Waals surface area contributed by atoms with Crippen molar-refractivity contribution in [2.45, 2.75) is 36.8 Å². The zero-order chi connectivity index (χ0) is 18.7. The second-order valence-electron chi connectivity index (χ2n) is 6.23. The lowest BCUT2D eigenvalue weighted by atomic mass is 10.0. The quantitative estimate of drug-likeness (QED) is 0.318. The van der Waals surface area contributed by atoms with E-state index >= 15 is 0 Å². The molecule has 0 saturated carbocycles. The Kier molecular flexibility index (Phi) is 5.37. The molecule has 1 heterocycles. The Labute approximate surface area is 155 Å². The van der Waals surface area contributed by atoms with Gasteiger partial charge in [-0.05, 0) is 42.7 Å². The molecule has 0 radical (unpaired) electrons. The van der Waals surface area contributed by atoms with Crippen molar-refractivity contribution in [1.82, 2.24) is 10.2 Å². The minimum atomic E-state index is -0.438. The Morgan fingerprint density at radius 3 is 2.23 bits per heavy atom. The minimum Gasteiger partial charge on any atom is -0.419 e. The van der Waals surface area contributed by atoms with Gasteiger partial charge >= 0.3 is 0 Å². The molecule has 0 aliphatic heterocycles.